The number of carboxylic acids is 1. The van der Waals surface area contributed by atoms with E-state index in [4.69, 9.17) is 5.11 Å². The molecule has 0 spiro atoms. The standard InChI is InChI=1S/C14H17NO4S/c16-12(10-5-2-1-3-6-10)7-4-8-13(17)15-11(9-20)14(18)19/h1-3,5-6,11,20H,4,7-9H2,(H,15,17)(H,18,19). The Balaban J connectivity index is 2.32. The SMILES string of the molecule is O=C(CCCC(=O)c1ccccc1)NC(CS)C(=O)O. The van der Waals surface area contributed by atoms with E-state index < -0.39 is 12.0 Å². The molecule has 0 aliphatic heterocycles. The lowest BCUT2D eigenvalue weighted by Crippen LogP contribution is -2.42. The lowest BCUT2D eigenvalue weighted by atomic mass is 10.1. The van der Waals surface area contributed by atoms with Gasteiger partial charge in [-0.15, -0.1) is 0 Å². The lowest BCUT2D eigenvalue weighted by Gasteiger charge is -2.11. The number of Topliss-reactive ketones (excluding diaryl/α,β-unsaturated/α-hetero) is 1. The van der Waals surface area contributed by atoms with Crippen LogP contribution >= 0.6 is 12.6 Å². The van der Waals surface area contributed by atoms with Gasteiger partial charge in [0.05, 0.1) is 0 Å². The van der Waals surface area contributed by atoms with Gasteiger partial charge >= 0.3 is 5.97 Å². The number of thiol groups is 1. The number of carboxylic acid groups (broad SMARTS) is 1. The van der Waals surface area contributed by atoms with Gasteiger partial charge in [0.2, 0.25) is 5.91 Å². The lowest BCUT2D eigenvalue weighted by molar-refractivity contribution is -0.141. The summed E-state index contributed by atoms with van der Waals surface area (Å²) in [6.45, 7) is 0. The first kappa shape index (κ1) is 16.2. The molecule has 0 fully saturated rings. The minimum atomic E-state index is -1.12. The summed E-state index contributed by atoms with van der Waals surface area (Å²) >= 11 is 3.85. The van der Waals surface area contributed by atoms with Gasteiger partial charge < -0.3 is 10.4 Å². The van der Waals surface area contributed by atoms with E-state index in [9.17, 15) is 14.4 Å². The Kier molecular flexibility index (Phi) is 6.79. The van der Waals surface area contributed by atoms with Crippen LogP contribution in [0.25, 0.3) is 0 Å². The minimum Gasteiger partial charge on any atom is -0.480 e. The maximum absolute atomic E-state index is 11.8. The maximum Gasteiger partial charge on any atom is 0.327 e. The van der Waals surface area contributed by atoms with Crippen molar-refractivity contribution >= 4 is 30.3 Å². The van der Waals surface area contributed by atoms with Crippen LogP contribution in [0.3, 0.4) is 0 Å². The fraction of sp³-hybridized carbons (Fsp3) is 0.357. The monoisotopic (exact) mass is 295 g/mol. The summed E-state index contributed by atoms with van der Waals surface area (Å²) in [6, 6.07) is 7.85. The molecule has 20 heavy (non-hydrogen) atoms. The summed E-state index contributed by atoms with van der Waals surface area (Å²) in [5, 5.41) is 11.1. The van der Waals surface area contributed by atoms with E-state index in [-0.39, 0.29) is 30.3 Å². The van der Waals surface area contributed by atoms with Gasteiger partial charge in [0.1, 0.15) is 6.04 Å². The van der Waals surface area contributed by atoms with Crippen molar-refractivity contribution < 1.29 is 19.5 Å². The molecule has 0 aromatic heterocycles. The first-order valence-corrected chi connectivity index (χ1v) is 6.89. The van der Waals surface area contributed by atoms with Crippen molar-refractivity contribution in [3.05, 3.63) is 35.9 Å². The quantitative estimate of drug-likeness (QED) is 0.502. The van der Waals surface area contributed by atoms with Crippen LogP contribution in [-0.2, 0) is 9.59 Å². The van der Waals surface area contributed by atoms with Crippen LogP contribution in [-0.4, -0.2) is 34.6 Å². The van der Waals surface area contributed by atoms with Crippen molar-refractivity contribution in [3.8, 4) is 0 Å². The zero-order chi connectivity index (χ0) is 15.0. The Morgan fingerprint density at radius 1 is 1.15 bits per heavy atom. The normalized spacial score (nSPS) is 11.7. The average molecular weight is 295 g/mol. The van der Waals surface area contributed by atoms with E-state index >= 15 is 0 Å². The molecule has 1 unspecified atom stereocenters. The zero-order valence-electron chi connectivity index (χ0n) is 10.9. The van der Waals surface area contributed by atoms with E-state index in [1.807, 2.05) is 6.07 Å². The highest BCUT2D eigenvalue weighted by Crippen LogP contribution is 2.06. The van der Waals surface area contributed by atoms with Crippen LogP contribution in [0, 0.1) is 0 Å². The molecule has 1 rings (SSSR count). The second kappa shape index (κ2) is 8.37. The Bertz CT molecular complexity index is 475. The van der Waals surface area contributed by atoms with E-state index in [1.165, 1.54) is 0 Å². The molecule has 1 aromatic carbocycles. The van der Waals surface area contributed by atoms with Gasteiger partial charge in [-0.3, -0.25) is 9.59 Å². The molecule has 0 aliphatic carbocycles. The van der Waals surface area contributed by atoms with Crippen LogP contribution in [0.4, 0.5) is 0 Å². The van der Waals surface area contributed by atoms with Crippen LogP contribution in [0.15, 0.2) is 30.3 Å². The first-order chi connectivity index (χ1) is 9.54. The summed E-state index contributed by atoms with van der Waals surface area (Å²) in [5.74, 6) is -1.49. The number of aliphatic carboxylic acids is 1. The molecule has 108 valence electrons. The van der Waals surface area contributed by atoms with Gasteiger partial charge in [0.25, 0.3) is 0 Å². The molecule has 0 heterocycles. The van der Waals surface area contributed by atoms with E-state index in [2.05, 4.69) is 17.9 Å². The summed E-state index contributed by atoms with van der Waals surface area (Å²) in [4.78, 5) is 34.0. The minimum absolute atomic E-state index is 0.0256. The van der Waals surface area contributed by atoms with Gasteiger partial charge in [-0.2, -0.15) is 12.6 Å². The van der Waals surface area contributed by atoms with Crippen molar-refractivity contribution in [1.82, 2.24) is 5.32 Å². The topological polar surface area (TPSA) is 83.5 Å². The van der Waals surface area contributed by atoms with Gasteiger partial charge in [-0.05, 0) is 6.42 Å². The summed E-state index contributed by atoms with van der Waals surface area (Å²) in [5.41, 5.74) is 0.617. The molecule has 2 N–H and O–H groups in total. The van der Waals surface area contributed by atoms with Crippen molar-refractivity contribution in [2.45, 2.75) is 25.3 Å². The summed E-state index contributed by atoms with van der Waals surface area (Å²) in [7, 11) is 0. The second-order valence-electron chi connectivity index (χ2n) is 4.28. The van der Waals surface area contributed by atoms with Gasteiger partial charge in [0, 0.05) is 24.2 Å². The highest BCUT2D eigenvalue weighted by Gasteiger charge is 2.17. The van der Waals surface area contributed by atoms with E-state index in [0.717, 1.165) is 0 Å². The number of rotatable bonds is 8. The number of carbonyl (C=O) groups excluding carboxylic acids is 2. The van der Waals surface area contributed by atoms with E-state index in [1.54, 1.807) is 24.3 Å². The van der Waals surface area contributed by atoms with Crippen molar-refractivity contribution in [2.24, 2.45) is 0 Å². The highest BCUT2D eigenvalue weighted by molar-refractivity contribution is 7.80. The van der Waals surface area contributed by atoms with Gasteiger partial charge in [-0.25, -0.2) is 4.79 Å². The van der Waals surface area contributed by atoms with Crippen LogP contribution < -0.4 is 5.32 Å². The molecule has 0 radical (unpaired) electrons. The summed E-state index contributed by atoms with van der Waals surface area (Å²) in [6.07, 6.45) is 0.769. The average Bonchev–Trinajstić information content (AvgIpc) is 2.45. The maximum atomic E-state index is 11.8. The fourth-order valence-corrected chi connectivity index (χ4v) is 1.88. The molecule has 1 atom stereocenters. The predicted molar refractivity (Wildman–Crippen MR) is 78.0 cm³/mol. The van der Waals surface area contributed by atoms with Crippen LogP contribution in [0.2, 0.25) is 0 Å². The van der Waals surface area contributed by atoms with Gasteiger partial charge in [-0.1, -0.05) is 30.3 Å². The second-order valence-corrected chi connectivity index (χ2v) is 4.65. The predicted octanol–water partition coefficient (Wildman–Crippen LogP) is 1.54. The van der Waals surface area contributed by atoms with Gasteiger partial charge in [0.15, 0.2) is 5.78 Å². The smallest absolute Gasteiger partial charge is 0.327 e. The number of hydrogen-bond donors (Lipinski definition) is 3. The molecule has 0 aliphatic rings. The van der Waals surface area contributed by atoms with Crippen LogP contribution in [0.1, 0.15) is 29.6 Å². The molecule has 5 nitrogen and oxygen atoms in total. The molecule has 0 bridgehead atoms. The molecular formula is C14H17NO4S. The van der Waals surface area contributed by atoms with E-state index in [0.29, 0.717) is 12.0 Å². The molecule has 0 saturated carbocycles. The molecule has 6 heteroatoms. The Hall–Kier alpha value is -1.82. The Morgan fingerprint density at radius 3 is 2.35 bits per heavy atom. The van der Waals surface area contributed by atoms with Crippen LogP contribution in [0.5, 0.6) is 0 Å². The number of benzene rings is 1. The third-order valence-corrected chi connectivity index (χ3v) is 3.08. The number of hydrogen-bond acceptors (Lipinski definition) is 4. The number of carbonyl (C=O) groups is 3. The number of ketones is 1. The summed E-state index contributed by atoms with van der Waals surface area (Å²) < 4.78 is 0. The molecule has 0 saturated heterocycles. The largest absolute Gasteiger partial charge is 0.480 e. The van der Waals surface area contributed by atoms with Crippen molar-refractivity contribution in [1.29, 1.82) is 0 Å². The van der Waals surface area contributed by atoms with Crippen molar-refractivity contribution in [2.75, 3.05) is 5.75 Å². The highest BCUT2D eigenvalue weighted by atomic mass is 32.1. The number of nitrogens with one attached hydrogen (secondary N) is 1. The van der Waals surface area contributed by atoms with Crippen molar-refractivity contribution in [3.63, 3.8) is 0 Å². The fourth-order valence-electron chi connectivity index (χ4n) is 1.63. The molecule has 1 aromatic rings. The Morgan fingerprint density at radius 2 is 1.80 bits per heavy atom. The molecule has 1 amide bonds. The third kappa shape index (κ3) is 5.44. The molecular weight excluding hydrogens is 278 g/mol. The number of amides is 1. The zero-order valence-corrected chi connectivity index (χ0v) is 11.8. The Labute approximate surface area is 122 Å². The first-order valence-electron chi connectivity index (χ1n) is 6.26. The third-order valence-electron chi connectivity index (χ3n) is 2.72.